The van der Waals surface area contributed by atoms with Crippen LogP contribution in [0.25, 0.3) is 0 Å². The molecule has 5 nitrogen and oxygen atoms in total. The second-order valence-electron chi connectivity index (χ2n) is 3.07. The Morgan fingerprint density at radius 2 is 2.50 bits per heavy atom. The van der Waals surface area contributed by atoms with Crippen molar-refractivity contribution in [1.29, 1.82) is 0 Å². The molecule has 0 fully saturated rings. The highest BCUT2D eigenvalue weighted by Crippen LogP contribution is 2.19. The van der Waals surface area contributed by atoms with Gasteiger partial charge in [-0.05, 0) is 0 Å². The lowest BCUT2D eigenvalue weighted by Crippen LogP contribution is -2.34. The van der Waals surface area contributed by atoms with Gasteiger partial charge in [-0.2, -0.15) is 0 Å². The molecule has 0 spiro atoms. The van der Waals surface area contributed by atoms with Gasteiger partial charge in [0, 0.05) is 19.4 Å². The Morgan fingerprint density at radius 1 is 1.79 bits per heavy atom. The molecule has 0 bridgehead atoms. The van der Waals surface area contributed by atoms with Gasteiger partial charge in [-0.3, -0.25) is 0 Å². The lowest BCUT2D eigenvalue weighted by molar-refractivity contribution is -0.152. The average molecular weight is 202 g/mol. The van der Waals surface area contributed by atoms with Crippen molar-refractivity contribution >= 4 is 5.97 Å². The highest BCUT2D eigenvalue weighted by Gasteiger charge is 2.28. The van der Waals surface area contributed by atoms with Gasteiger partial charge in [0.25, 0.3) is 0 Å². The van der Waals surface area contributed by atoms with Crippen LogP contribution < -0.4 is 0 Å². The predicted molar refractivity (Wildman–Crippen MR) is 47.3 cm³/mol. The molecule has 1 rings (SSSR count). The van der Waals surface area contributed by atoms with Gasteiger partial charge in [0.1, 0.15) is 11.9 Å². The minimum atomic E-state index is -0.845. The van der Waals surface area contributed by atoms with Crippen LogP contribution in [0.4, 0.5) is 0 Å². The number of methoxy groups -OCH3 is 1. The fourth-order valence-electron chi connectivity index (χ4n) is 1.29. The van der Waals surface area contributed by atoms with Crippen molar-refractivity contribution in [1.82, 2.24) is 0 Å². The van der Waals surface area contributed by atoms with Crippen molar-refractivity contribution in [3.05, 3.63) is 11.8 Å². The summed E-state index contributed by atoms with van der Waals surface area (Å²) in [5.74, 6) is -0.0293. The highest BCUT2D eigenvalue weighted by atomic mass is 16.6. The number of carbonyl (C=O) groups excluding carboxylic acids is 1. The number of cyclic esters (lactones) is 1. The van der Waals surface area contributed by atoms with Crippen LogP contribution in [0.2, 0.25) is 0 Å². The molecule has 0 saturated heterocycles. The monoisotopic (exact) mass is 202 g/mol. The molecule has 0 aromatic carbocycles. The molecule has 2 atom stereocenters. The molecule has 0 radical (unpaired) electrons. The molecule has 0 saturated carbocycles. The molecule has 0 aromatic heterocycles. The zero-order valence-electron chi connectivity index (χ0n) is 7.97. The van der Waals surface area contributed by atoms with E-state index in [-0.39, 0.29) is 13.0 Å². The quantitative estimate of drug-likeness (QED) is 0.605. The summed E-state index contributed by atoms with van der Waals surface area (Å²) in [6.45, 7) is -0.138. The van der Waals surface area contributed by atoms with Gasteiger partial charge < -0.3 is 19.7 Å². The number of ether oxygens (including phenoxy) is 2. The summed E-state index contributed by atoms with van der Waals surface area (Å²) in [6.07, 6.45) is 0.331. The van der Waals surface area contributed by atoms with Crippen molar-refractivity contribution in [3.8, 4) is 0 Å². The van der Waals surface area contributed by atoms with Crippen LogP contribution in [0.3, 0.4) is 0 Å². The van der Waals surface area contributed by atoms with Gasteiger partial charge in [-0.1, -0.05) is 0 Å². The van der Waals surface area contributed by atoms with E-state index in [1.807, 2.05) is 0 Å². The number of aliphatic hydroxyl groups is 2. The van der Waals surface area contributed by atoms with Crippen LogP contribution in [0, 0.1) is 0 Å². The molecule has 1 heterocycles. The van der Waals surface area contributed by atoms with Crippen LogP contribution in [0.5, 0.6) is 0 Å². The highest BCUT2D eigenvalue weighted by molar-refractivity contribution is 5.83. The smallest absolute Gasteiger partial charge is 0.334 e. The topological polar surface area (TPSA) is 76.0 Å². The Morgan fingerprint density at radius 3 is 3.07 bits per heavy atom. The fourth-order valence-corrected chi connectivity index (χ4v) is 1.29. The second kappa shape index (κ2) is 4.97. The molecule has 1 aliphatic rings. The van der Waals surface area contributed by atoms with E-state index in [1.54, 1.807) is 0 Å². The number of carbonyl (C=O) groups is 1. The third-order valence-corrected chi connectivity index (χ3v) is 2.06. The van der Waals surface area contributed by atoms with E-state index in [1.165, 1.54) is 13.2 Å². The lowest BCUT2D eigenvalue weighted by Gasteiger charge is -2.25. The third-order valence-electron chi connectivity index (χ3n) is 2.06. The van der Waals surface area contributed by atoms with E-state index in [0.29, 0.717) is 12.2 Å². The minimum absolute atomic E-state index is 0.138. The molecule has 0 unspecified atom stereocenters. The molecule has 0 amide bonds. The van der Waals surface area contributed by atoms with Gasteiger partial charge in [0.15, 0.2) is 0 Å². The van der Waals surface area contributed by atoms with Crippen molar-refractivity contribution in [2.24, 2.45) is 0 Å². The van der Waals surface area contributed by atoms with E-state index in [0.717, 1.165) is 0 Å². The Hall–Kier alpha value is -1.07. The molecule has 14 heavy (non-hydrogen) atoms. The maximum atomic E-state index is 11.0. The average Bonchev–Trinajstić information content (AvgIpc) is 2.17. The van der Waals surface area contributed by atoms with Crippen molar-refractivity contribution in [2.75, 3.05) is 13.7 Å². The first-order chi connectivity index (χ1) is 6.67. The third kappa shape index (κ3) is 2.71. The summed E-state index contributed by atoms with van der Waals surface area (Å²) in [7, 11) is 1.46. The maximum absolute atomic E-state index is 11.0. The van der Waals surface area contributed by atoms with Crippen molar-refractivity contribution in [2.45, 2.75) is 25.0 Å². The van der Waals surface area contributed by atoms with Gasteiger partial charge in [-0.15, -0.1) is 0 Å². The Balaban J connectivity index is 2.57. The number of hydrogen-bond donors (Lipinski definition) is 2. The summed E-state index contributed by atoms with van der Waals surface area (Å²) in [5.41, 5.74) is 0. The number of aliphatic hydroxyl groups excluding tert-OH is 2. The Labute approximate surface area is 81.9 Å². The Kier molecular flexibility index (Phi) is 3.91. The summed E-state index contributed by atoms with van der Waals surface area (Å²) in [5, 5.41) is 18.1. The molecule has 0 aromatic rings. The van der Waals surface area contributed by atoms with E-state index >= 15 is 0 Å². The summed E-state index contributed by atoms with van der Waals surface area (Å²) < 4.78 is 9.78. The van der Waals surface area contributed by atoms with Crippen LogP contribution in [0.1, 0.15) is 12.8 Å². The normalized spacial score (nSPS) is 23.8. The van der Waals surface area contributed by atoms with Crippen molar-refractivity contribution in [3.63, 3.8) is 0 Å². The van der Waals surface area contributed by atoms with Crippen LogP contribution in [0.15, 0.2) is 11.8 Å². The van der Waals surface area contributed by atoms with Gasteiger partial charge in [-0.25, -0.2) is 4.79 Å². The first kappa shape index (κ1) is 11.0. The zero-order valence-corrected chi connectivity index (χ0v) is 7.97. The molecular formula is C9H14O5. The number of esters is 1. The fraction of sp³-hybridized carbons (Fsp3) is 0.667. The molecule has 80 valence electrons. The largest absolute Gasteiger partial charge is 0.501 e. The van der Waals surface area contributed by atoms with E-state index in [9.17, 15) is 9.90 Å². The lowest BCUT2D eigenvalue weighted by atomic mass is 10.0. The van der Waals surface area contributed by atoms with Gasteiger partial charge >= 0.3 is 5.97 Å². The second-order valence-corrected chi connectivity index (χ2v) is 3.07. The first-order valence-corrected chi connectivity index (χ1v) is 4.41. The van der Waals surface area contributed by atoms with Crippen LogP contribution in [-0.4, -0.2) is 42.1 Å². The van der Waals surface area contributed by atoms with E-state index in [2.05, 4.69) is 0 Å². The standard InChI is InChI=1S/C9H14O5/c1-13-6-4-8(7(11)2-3-10)14-9(12)5-6/h5,7-8,10-11H,2-4H2,1H3/t7-,8-/m0/s1. The molecule has 0 aliphatic carbocycles. The molecular weight excluding hydrogens is 188 g/mol. The van der Waals surface area contributed by atoms with Gasteiger partial charge in [0.2, 0.25) is 0 Å². The molecule has 2 N–H and O–H groups in total. The first-order valence-electron chi connectivity index (χ1n) is 4.41. The zero-order chi connectivity index (χ0) is 10.6. The van der Waals surface area contributed by atoms with E-state index in [4.69, 9.17) is 14.6 Å². The van der Waals surface area contributed by atoms with Gasteiger partial charge in [0.05, 0.1) is 19.3 Å². The summed E-state index contributed by atoms with van der Waals surface area (Å²) >= 11 is 0. The summed E-state index contributed by atoms with van der Waals surface area (Å²) in [6, 6.07) is 0. The van der Waals surface area contributed by atoms with Crippen molar-refractivity contribution < 1.29 is 24.5 Å². The minimum Gasteiger partial charge on any atom is -0.501 e. The SMILES string of the molecule is COC1=CC(=O)O[C@H]([C@@H](O)CCO)C1. The van der Waals surface area contributed by atoms with E-state index < -0.39 is 18.2 Å². The van der Waals surface area contributed by atoms with Crippen LogP contribution >= 0.6 is 0 Å². The predicted octanol–water partition coefficient (Wildman–Crippen LogP) is -0.425. The molecule has 5 heteroatoms. The van der Waals surface area contributed by atoms with Crippen LogP contribution in [-0.2, 0) is 14.3 Å². The summed E-state index contributed by atoms with van der Waals surface area (Å²) in [4.78, 5) is 11.0. The Bertz CT molecular complexity index is 235. The maximum Gasteiger partial charge on any atom is 0.334 e. The number of rotatable bonds is 4. The number of hydrogen-bond acceptors (Lipinski definition) is 5. The molecule has 1 aliphatic heterocycles.